The minimum Gasteiger partial charge on any atom is -0.515 e. The van der Waals surface area contributed by atoms with Gasteiger partial charge >= 0.3 is 0 Å². The zero-order valence-electron chi connectivity index (χ0n) is 7.46. The molecule has 72 valence electrons. The number of aliphatic hydroxyl groups is 1. The van der Waals surface area contributed by atoms with E-state index in [4.69, 9.17) is 5.11 Å². The lowest BCUT2D eigenvalue weighted by Crippen LogP contribution is -2.14. The summed E-state index contributed by atoms with van der Waals surface area (Å²) in [5.74, 6) is -0.690. The van der Waals surface area contributed by atoms with Gasteiger partial charge in [0.05, 0.1) is 6.26 Å². The summed E-state index contributed by atoms with van der Waals surface area (Å²) in [7, 11) is 0. The standard InChI is InChI=1S/C11H9FO2/c12-9-4-3-7-1-2-8(6-13)11(14)10(7)5-9/h3-6,13H,1-2H2/b8-6+. The van der Waals surface area contributed by atoms with Gasteiger partial charge in [-0.3, -0.25) is 4.79 Å². The van der Waals surface area contributed by atoms with Crippen LogP contribution in [0.3, 0.4) is 0 Å². The predicted octanol–water partition coefficient (Wildman–Crippen LogP) is 2.40. The first-order valence-electron chi connectivity index (χ1n) is 4.39. The Balaban J connectivity index is 2.54. The van der Waals surface area contributed by atoms with Crippen molar-refractivity contribution >= 4 is 5.78 Å². The van der Waals surface area contributed by atoms with Crippen molar-refractivity contribution in [1.29, 1.82) is 0 Å². The van der Waals surface area contributed by atoms with Crippen molar-refractivity contribution in [2.24, 2.45) is 0 Å². The third-order valence-electron chi connectivity index (χ3n) is 2.43. The molecule has 1 N–H and O–H groups in total. The van der Waals surface area contributed by atoms with Gasteiger partial charge < -0.3 is 5.11 Å². The van der Waals surface area contributed by atoms with Gasteiger partial charge in [-0.2, -0.15) is 0 Å². The maximum atomic E-state index is 12.9. The highest BCUT2D eigenvalue weighted by Gasteiger charge is 2.22. The van der Waals surface area contributed by atoms with Gasteiger partial charge in [-0.15, -0.1) is 0 Å². The van der Waals surface area contributed by atoms with Crippen LogP contribution in [0, 0.1) is 5.82 Å². The number of ketones is 1. The minimum absolute atomic E-state index is 0.270. The highest BCUT2D eigenvalue weighted by molar-refractivity contribution is 6.10. The van der Waals surface area contributed by atoms with E-state index in [1.54, 1.807) is 6.07 Å². The van der Waals surface area contributed by atoms with E-state index in [9.17, 15) is 9.18 Å². The fraction of sp³-hybridized carbons (Fsp3) is 0.182. The lowest BCUT2D eigenvalue weighted by atomic mass is 9.87. The summed E-state index contributed by atoms with van der Waals surface area (Å²) in [5, 5.41) is 8.78. The summed E-state index contributed by atoms with van der Waals surface area (Å²) in [6.07, 6.45) is 2.01. The Hall–Kier alpha value is -1.64. The van der Waals surface area contributed by atoms with Crippen molar-refractivity contribution in [3.63, 3.8) is 0 Å². The van der Waals surface area contributed by atoms with Gasteiger partial charge in [0.15, 0.2) is 5.78 Å². The third kappa shape index (κ3) is 1.31. The molecule has 0 aliphatic heterocycles. The van der Waals surface area contributed by atoms with Crippen molar-refractivity contribution in [3.8, 4) is 0 Å². The van der Waals surface area contributed by atoms with Crippen molar-refractivity contribution in [3.05, 3.63) is 47.0 Å². The molecule has 1 aliphatic rings. The summed E-state index contributed by atoms with van der Waals surface area (Å²) >= 11 is 0. The smallest absolute Gasteiger partial charge is 0.192 e. The number of rotatable bonds is 0. The van der Waals surface area contributed by atoms with E-state index in [0.717, 1.165) is 11.8 Å². The Labute approximate surface area is 80.7 Å². The van der Waals surface area contributed by atoms with Gasteiger partial charge in [0.1, 0.15) is 5.82 Å². The number of carbonyl (C=O) groups is 1. The molecule has 0 unspecified atom stereocenters. The van der Waals surface area contributed by atoms with Crippen LogP contribution in [0.15, 0.2) is 30.0 Å². The monoisotopic (exact) mass is 192 g/mol. The van der Waals surface area contributed by atoms with Crippen LogP contribution in [-0.4, -0.2) is 10.9 Å². The maximum Gasteiger partial charge on any atom is 0.192 e. The number of benzene rings is 1. The molecule has 0 heterocycles. The molecule has 1 aromatic carbocycles. The van der Waals surface area contributed by atoms with Crippen LogP contribution >= 0.6 is 0 Å². The summed E-state index contributed by atoms with van der Waals surface area (Å²) in [5.41, 5.74) is 1.57. The molecule has 0 aromatic heterocycles. The molecule has 0 fully saturated rings. The van der Waals surface area contributed by atoms with Crippen molar-refractivity contribution in [2.45, 2.75) is 12.8 Å². The number of hydrogen-bond donors (Lipinski definition) is 1. The van der Waals surface area contributed by atoms with Crippen LogP contribution in [-0.2, 0) is 6.42 Å². The zero-order valence-corrected chi connectivity index (χ0v) is 7.46. The van der Waals surface area contributed by atoms with Crippen LogP contribution < -0.4 is 0 Å². The van der Waals surface area contributed by atoms with Crippen LogP contribution in [0.25, 0.3) is 0 Å². The minimum atomic E-state index is -0.420. The summed E-state index contributed by atoms with van der Waals surface area (Å²) in [4.78, 5) is 11.6. The van der Waals surface area contributed by atoms with Crippen LogP contribution in [0.1, 0.15) is 22.3 Å². The molecule has 0 bridgehead atoms. The topological polar surface area (TPSA) is 37.3 Å². The molecular weight excluding hydrogens is 183 g/mol. The first kappa shape index (κ1) is 8.94. The number of aliphatic hydroxyl groups excluding tert-OH is 1. The average Bonchev–Trinajstić information content (AvgIpc) is 2.20. The van der Waals surface area contributed by atoms with Gasteiger partial charge in [-0.05, 0) is 30.5 Å². The Morgan fingerprint density at radius 2 is 2.14 bits per heavy atom. The highest BCUT2D eigenvalue weighted by atomic mass is 19.1. The number of Topliss-reactive ketones (excluding diaryl/α,β-unsaturated/α-hetero) is 1. The second kappa shape index (κ2) is 3.25. The first-order chi connectivity index (χ1) is 6.72. The number of allylic oxidation sites excluding steroid dienone is 1. The largest absolute Gasteiger partial charge is 0.515 e. The molecule has 1 aliphatic carbocycles. The summed E-state index contributed by atoms with van der Waals surface area (Å²) in [6, 6.07) is 4.19. The Morgan fingerprint density at radius 1 is 1.36 bits per heavy atom. The van der Waals surface area contributed by atoms with E-state index in [-0.39, 0.29) is 5.78 Å². The second-order valence-corrected chi connectivity index (χ2v) is 3.28. The molecule has 0 spiro atoms. The molecule has 2 rings (SSSR count). The number of carbonyl (C=O) groups excluding carboxylic acids is 1. The SMILES string of the molecule is O=C1/C(=C/O)CCc2ccc(F)cc21. The lowest BCUT2D eigenvalue weighted by Gasteiger charge is -2.16. The van der Waals surface area contributed by atoms with E-state index < -0.39 is 5.82 Å². The predicted molar refractivity (Wildman–Crippen MR) is 49.8 cm³/mol. The summed E-state index contributed by atoms with van der Waals surface area (Å²) < 4.78 is 12.9. The molecular formula is C11H9FO2. The van der Waals surface area contributed by atoms with E-state index in [2.05, 4.69) is 0 Å². The van der Waals surface area contributed by atoms with Gasteiger partial charge in [0, 0.05) is 11.1 Å². The number of hydrogen-bond acceptors (Lipinski definition) is 2. The number of fused-ring (bicyclic) bond motifs is 1. The average molecular weight is 192 g/mol. The van der Waals surface area contributed by atoms with Gasteiger partial charge in [-0.1, -0.05) is 6.07 Å². The van der Waals surface area contributed by atoms with E-state index in [1.807, 2.05) is 0 Å². The van der Waals surface area contributed by atoms with Gasteiger partial charge in [0.2, 0.25) is 0 Å². The van der Waals surface area contributed by atoms with E-state index in [0.29, 0.717) is 24.0 Å². The lowest BCUT2D eigenvalue weighted by molar-refractivity contribution is 0.102. The molecule has 2 nitrogen and oxygen atoms in total. The Morgan fingerprint density at radius 3 is 2.86 bits per heavy atom. The number of aryl methyl sites for hydroxylation is 1. The second-order valence-electron chi connectivity index (χ2n) is 3.28. The quantitative estimate of drug-likeness (QED) is 0.506. The Kier molecular flexibility index (Phi) is 2.08. The molecule has 0 saturated carbocycles. The normalized spacial score (nSPS) is 18.4. The van der Waals surface area contributed by atoms with Crippen molar-refractivity contribution in [2.75, 3.05) is 0 Å². The highest BCUT2D eigenvalue weighted by Crippen LogP contribution is 2.25. The van der Waals surface area contributed by atoms with Crippen molar-refractivity contribution < 1.29 is 14.3 Å². The zero-order chi connectivity index (χ0) is 10.1. The van der Waals surface area contributed by atoms with Gasteiger partial charge in [-0.25, -0.2) is 4.39 Å². The fourth-order valence-electron chi connectivity index (χ4n) is 1.66. The molecule has 3 heteroatoms. The van der Waals surface area contributed by atoms with E-state index >= 15 is 0 Å². The number of halogens is 1. The molecule has 14 heavy (non-hydrogen) atoms. The van der Waals surface area contributed by atoms with E-state index in [1.165, 1.54) is 12.1 Å². The van der Waals surface area contributed by atoms with Crippen LogP contribution in [0.4, 0.5) is 4.39 Å². The third-order valence-corrected chi connectivity index (χ3v) is 2.43. The molecule has 0 atom stereocenters. The fourth-order valence-corrected chi connectivity index (χ4v) is 1.66. The van der Waals surface area contributed by atoms with Crippen molar-refractivity contribution in [1.82, 2.24) is 0 Å². The van der Waals surface area contributed by atoms with Gasteiger partial charge in [0.25, 0.3) is 0 Å². The first-order valence-corrected chi connectivity index (χ1v) is 4.39. The molecule has 1 aromatic rings. The Bertz CT molecular complexity index is 421. The molecule has 0 radical (unpaired) electrons. The molecule has 0 saturated heterocycles. The summed E-state index contributed by atoms with van der Waals surface area (Å²) in [6.45, 7) is 0. The molecule has 0 amide bonds. The van der Waals surface area contributed by atoms with Crippen LogP contribution in [0.2, 0.25) is 0 Å². The maximum absolute atomic E-state index is 12.9. The van der Waals surface area contributed by atoms with Crippen LogP contribution in [0.5, 0.6) is 0 Å².